The maximum atomic E-state index is 5.39. The van der Waals surface area contributed by atoms with E-state index in [1.165, 1.54) is 5.56 Å². The molecule has 146 valence electrons. The van der Waals surface area contributed by atoms with Gasteiger partial charge in [0.05, 0.1) is 27.0 Å². The number of hydrogen-bond acceptors (Lipinski definition) is 7. The molecule has 0 aliphatic rings. The van der Waals surface area contributed by atoms with Crippen LogP contribution in [0.2, 0.25) is 0 Å². The van der Waals surface area contributed by atoms with Gasteiger partial charge in [0.15, 0.2) is 0 Å². The third kappa shape index (κ3) is 5.03. The SMILES string of the molecule is COc1ccc(CCNc2nccc(Nc3cc(OC)ccc3OC)n2)cc1. The Hall–Kier alpha value is -3.48. The molecule has 0 bridgehead atoms. The van der Waals surface area contributed by atoms with Crippen molar-refractivity contribution in [2.75, 3.05) is 38.5 Å². The number of benzene rings is 2. The van der Waals surface area contributed by atoms with Crippen molar-refractivity contribution in [3.63, 3.8) is 0 Å². The van der Waals surface area contributed by atoms with Gasteiger partial charge in [0.2, 0.25) is 5.95 Å². The summed E-state index contributed by atoms with van der Waals surface area (Å²) >= 11 is 0. The van der Waals surface area contributed by atoms with E-state index in [-0.39, 0.29) is 0 Å². The number of ether oxygens (including phenoxy) is 3. The van der Waals surface area contributed by atoms with Crippen molar-refractivity contribution in [2.45, 2.75) is 6.42 Å². The Balaban J connectivity index is 1.62. The highest BCUT2D eigenvalue weighted by molar-refractivity contribution is 5.66. The summed E-state index contributed by atoms with van der Waals surface area (Å²) in [4.78, 5) is 8.79. The molecular weight excluding hydrogens is 356 g/mol. The van der Waals surface area contributed by atoms with E-state index in [4.69, 9.17) is 14.2 Å². The molecule has 0 saturated heterocycles. The standard InChI is InChI=1S/C21H24N4O3/c1-26-16-6-4-15(5-7-16)10-12-22-21-23-13-11-20(25-21)24-18-14-17(27-2)8-9-19(18)28-3/h4-9,11,13-14H,10,12H2,1-3H3,(H2,22,23,24,25). The normalized spacial score (nSPS) is 10.2. The maximum absolute atomic E-state index is 5.39. The molecule has 0 atom stereocenters. The monoisotopic (exact) mass is 380 g/mol. The molecule has 0 saturated carbocycles. The molecule has 0 unspecified atom stereocenters. The number of aromatic nitrogens is 2. The smallest absolute Gasteiger partial charge is 0.224 e. The third-order valence-electron chi connectivity index (χ3n) is 4.18. The molecule has 0 aliphatic carbocycles. The first-order valence-electron chi connectivity index (χ1n) is 8.90. The average molecular weight is 380 g/mol. The molecule has 2 N–H and O–H groups in total. The lowest BCUT2D eigenvalue weighted by molar-refractivity contribution is 0.405. The summed E-state index contributed by atoms with van der Waals surface area (Å²) in [7, 11) is 4.91. The summed E-state index contributed by atoms with van der Waals surface area (Å²) in [5.74, 6) is 3.50. The van der Waals surface area contributed by atoms with Crippen LogP contribution in [-0.2, 0) is 6.42 Å². The quantitative estimate of drug-likeness (QED) is 0.583. The summed E-state index contributed by atoms with van der Waals surface area (Å²) in [6.45, 7) is 0.720. The van der Waals surface area contributed by atoms with Gasteiger partial charge in [-0.25, -0.2) is 4.98 Å². The molecule has 0 aliphatic heterocycles. The summed E-state index contributed by atoms with van der Waals surface area (Å²) in [5, 5.41) is 6.50. The van der Waals surface area contributed by atoms with Gasteiger partial charge in [0, 0.05) is 18.8 Å². The van der Waals surface area contributed by atoms with Crippen LogP contribution in [0.4, 0.5) is 17.5 Å². The molecule has 1 aromatic heterocycles. The largest absolute Gasteiger partial charge is 0.497 e. The van der Waals surface area contributed by atoms with E-state index < -0.39 is 0 Å². The van der Waals surface area contributed by atoms with E-state index in [1.54, 1.807) is 33.6 Å². The number of hydrogen-bond donors (Lipinski definition) is 2. The van der Waals surface area contributed by atoms with Gasteiger partial charge in [-0.3, -0.25) is 0 Å². The summed E-state index contributed by atoms with van der Waals surface area (Å²) in [5.41, 5.74) is 1.98. The number of rotatable bonds is 9. The lowest BCUT2D eigenvalue weighted by Crippen LogP contribution is -2.08. The zero-order valence-electron chi connectivity index (χ0n) is 16.2. The van der Waals surface area contributed by atoms with E-state index in [0.29, 0.717) is 17.5 Å². The molecule has 28 heavy (non-hydrogen) atoms. The van der Waals surface area contributed by atoms with Crippen LogP contribution in [0.25, 0.3) is 0 Å². The Kier molecular flexibility index (Phi) is 6.51. The minimum absolute atomic E-state index is 0.556. The van der Waals surface area contributed by atoms with Crippen molar-refractivity contribution >= 4 is 17.5 Å². The van der Waals surface area contributed by atoms with Crippen LogP contribution in [0, 0.1) is 0 Å². The van der Waals surface area contributed by atoms with E-state index in [1.807, 2.05) is 30.3 Å². The molecular formula is C21H24N4O3. The van der Waals surface area contributed by atoms with Crippen molar-refractivity contribution < 1.29 is 14.2 Å². The molecule has 1 heterocycles. The van der Waals surface area contributed by atoms with E-state index >= 15 is 0 Å². The predicted octanol–water partition coefficient (Wildman–Crippen LogP) is 3.90. The highest BCUT2D eigenvalue weighted by Crippen LogP contribution is 2.31. The van der Waals surface area contributed by atoms with Crippen molar-refractivity contribution in [3.05, 3.63) is 60.3 Å². The molecule has 7 heteroatoms. The van der Waals surface area contributed by atoms with Crippen molar-refractivity contribution in [1.29, 1.82) is 0 Å². The Morgan fingerprint density at radius 1 is 0.857 bits per heavy atom. The van der Waals surface area contributed by atoms with Crippen molar-refractivity contribution in [3.8, 4) is 17.2 Å². The molecule has 7 nitrogen and oxygen atoms in total. The molecule has 0 spiro atoms. The Bertz CT molecular complexity index is 900. The number of methoxy groups -OCH3 is 3. The molecule has 0 radical (unpaired) electrons. The summed E-state index contributed by atoms with van der Waals surface area (Å²) < 4.78 is 15.8. The van der Waals surface area contributed by atoms with E-state index in [0.717, 1.165) is 30.2 Å². The second kappa shape index (κ2) is 9.45. The Morgan fingerprint density at radius 3 is 2.32 bits per heavy atom. The van der Waals surface area contributed by atoms with Gasteiger partial charge in [-0.05, 0) is 42.3 Å². The van der Waals surface area contributed by atoms with Gasteiger partial charge < -0.3 is 24.8 Å². The van der Waals surface area contributed by atoms with Crippen molar-refractivity contribution in [1.82, 2.24) is 9.97 Å². The van der Waals surface area contributed by atoms with Crippen LogP contribution in [0.3, 0.4) is 0 Å². The lowest BCUT2D eigenvalue weighted by atomic mass is 10.1. The number of nitrogens with one attached hydrogen (secondary N) is 2. The second-order valence-corrected chi connectivity index (χ2v) is 5.98. The van der Waals surface area contributed by atoms with Crippen LogP contribution < -0.4 is 24.8 Å². The summed E-state index contributed by atoms with van der Waals surface area (Å²) in [6, 6.07) is 15.4. The molecule has 0 amide bonds. The van der Waals surface area contributed by atoms with Gasteiger partial charge in [-0.2, -0.15) is 4.98 Å². The summed E-state index contributed by atoms with van der Waals surface area (Å²) in [6.07, 6.45) is 2.56. The Morgan fingerprint density at radius 2 is 1.61 bits per heavy atom. The first-order valence-corrected chi connectivity index (χ1v) is 8.90. The number of anilines is 3. The van der Waals surface area contributed by atoms with E-state index in [9.17, 15) is 0 Å². The van der Waals surface area contributed by atoms with Crippen LogP contribution in [0.5, 0.6) is 17.2 Å². The zero-order chi connectivity index (χ0) is 19.8. The fourth-order valence-electron chi connectivity index (χ4n) is 2.67. The van der Waals surface area contributed by atoms with Crippen LogP contribution in [0.1, 0.15) is 5.56 Å². The second-order valence-electron chi connectivity index (χ2n) is 5.98. The lowest BCUT2D eigenvalue weighted by Gasteiger charge is -2.13. The molecule has 3 aromatic rings. The highest BCUT2D eigenvalue weighted by atomic mass is 16.5. The molecule has 3 rings (SSSR count). The zero-order valence-corrected chi connectivity index (χ0v) is 16.2. The predicted molar refractivity (Wildman–Crippen MR) is 110 cm³/mol. The topological polar surface area (TPSA) is 77.5 Å². The number of nitrogens with zero attached hydrogens (tertiary/aromatic N) is 2. The van der Waals surface area contributed by atoms with Crippen LogP contribution in [-0.4, -0.2) is 37.8 Å². The molecule has 2 aromatic carbocycles. The highest BCUT2D eigenvalue weighted by Gasteiger charge is 2.07. The first-order chi connectivity index (χ1) is 13.7. The molecule has 0 fully saturated rings. The van der Waals surface area contributed by atoms with Crippen LogP contribution >= 0.6 is 0 Å². The minimum Gasteiger partial charge on any atom is -0.497 e. The van der Waals surface area contributed by atoms with E-state index in [2.05, 4.69) is 32.7 Å². The minimum atomic E-state index is 0.556. The van der Waals surface area contributed by atoms with Gasteiger partial charge in [-0.15, -0.1) is 0 Å². The maximum Gasteiger partial charge on any atom is 0.224 e. The third-order valence-corrected chi connectivity index (χ3v) is 4.18. The van der Waals surface area contributed by atoms with Crippen LogP contribution in [0.15, 0.2) is 54.7 Å². The van der Waals surface area contributed by atoms with Gasteiger partial charge in [-0.1, -0.05) is 12.1 Å². The van der Waals surface area contributed by atoms with Gasteiger partial charge >= 0.3 is 0 Å². The fraction of sp³-hybridized carbons (Fsp3) is 0.238. The first kappa shape index (κ1) is 19.3. The fourth-order valence-corrected chi connectivity index (χ4v) is 2.67. The average Bonchev–Trinajstić information content (AvgIpc) is 2.74. The van der Waals surface area contributed by atoms with Gasteiger partial charge in [0.25, 0.3) is 0 Å². The Labute approximate surface area is 164 Å². The van der Waals surface area contributed by atoms with Gasteiger partial charge in [0.1, 0.15) is 23.1 Å². The van der Waals surface area contributed by atoms with Crippen molar-refractivity contribution in [2.24, 2.45) is 0 Å².